The minimum atomic E-state index is -0.881. The molecule has 1 atom stereocenters. The van der Waals surface area contributed by atoms with E-state index in [0.29, 0.717) is 0 Å². The van der Waals surface area contributed by atoms with Gasteiger partial charge < -0.3 is 15.3 Å². The van der Waals surface area contributed by atoms with Gasteiger partial charge in [-0.05, 0) is 40.0 Å². The van der Waals surface area contributed by atoms with Crippen molar-refractivity contribution in [3.63, 3.8) is 0 Å². The van der Waals surface area contributed by atoms with E-state index < -0.39 is 5.97 Å². The van der Waals surface area contributed by atoms with Crippen LogP contribution in [-0.2, 0) is 4.79 Å². The molecule has 5 nitrogen and oxygen atoms in total. The van der Waals surface area contributed by atoms with Crippen LogP contribution in [0.3, 0.4) is 0 Å². The van der Waals surface area contributed by atoms with Crippen LogP contribution in [0.25, 0.3) is 0 Å². The molecular formula is C14H26N2O3. The molecule has 2 N–H and O–H groups in total. The number of carbonyl (C=O) groups is 2. The van der Waals surface area contributed by atoms with Crippen LogP contribution in [0.4, 0.5) is 4.79 Å². The van der Waals surface area contributed by atoms with Gasteiger partial charge in [0.05, 0.1) is 6.42 Å². The van der Waals surface area contributed by atoms with Gasteiger partial charge in [0.15, 0.2) is 0 Å². The molecule has 1 unspecified atom stereocenters. The molecule has 2 amide bonds. The lowest BCUT2D eigenvalue weighted by Crippen LogP contribution is -2.53. The summed E-state index contributed by atoms with van der Waals surface area (Å²) >= 11 is 0. The monoisotopic (exact) mass is 270 g/mol. The first-order valence-corrected chi connectivity index (χ1v) is 7.00. The minimum Gasteiger partial charge on any atom is -0.481 e. The zero-order chi connectivity index (χ0) is 14.6. The van der Waals surface area contributed by atoms with Gasteiger partial charge in [0.2, 0.25) is 0 Å². The van der Waals surface area contributed by atoms with E-state index in [0.717, 1.165) is 12.3 Å². The molecule has 19 heavy (non-hydrogen) atoms. The van der Waals surface area contributed by atoms with Crippen molar-refractivity contribution in [3.8, 4) is 0 Å². The Labute approximate surface area is 115 Å². The molecule has 0 spiro atoms. The first kappa shape index (κ1) is 15.8. The minimum absolute atomic E-state index is 0.0261. The molecule has 1 aliphatic carbocycles. The maximum atomic E-state index is 12.2. The van der Waals surface area contributed by atoms with Gasteiger partial charge in [-0.3, -0.25) is 4.79 Å². The molecule has 1 aliphatic rings. The van der Waals surface area contributed by atoms with Gasteiger partial charge in [-0.15, -0.1) is 0 Å². The fourth-order valence-electron chi connectivity index (χ4n) is 2.15. The predicted octanol–water partition coefficient (Wildman–Crippen LogP) is 2.46. The Morgan fingerprint density at radius 3 is 2.37 bits per heavy atom. The van der Waals surface area contributed by atoms with Crippen LogP contribution >= 0.6 is 0 Å². The van der Waals surface area contributed by atoms with Gasteiger partial charge in [-0.2, -0.15) is 0 Å². The molecule has 5 heteroatoms. The summed E-state index contributed by atoms with van der Waals surface area (Å²) in [5.74, 6) is -0.120. The number of urea groups is 1. The summed E-state index contributed by atoms with van der Waals surface area (Å²) in [5.41, 5.74) is -0.376. The topological polar surface area (TPSA) is 69.6 Å². The third-order valence-electron chi connectivity index (χ3n) is 3.36. The Hall–Kier alpha value is -1.26. The summed E-state index contributed by atoms with van der Waals surface area (Å²) in [7, 11) is 0. The van der Waals surface area contributed by atoms with Crippen molar-refractivity contribution in [3.05, 3.63) is 0 Å². The third kappa shape index (κ3) is 5.94. The maximum Gasteiger partial charge on any atom is 0.318 e. The highest BCUT2D eigenvalue weighted by atomic mass is 16.4. The van der Waals surface area contributed by atoms with Gasteiger partial charge in [-0.1, -0.05) is 12.8 Å². The van der Waals surface area contributed by atoms with Gasteiger partial charge in [0.1, 0.15) is 0 Å². The van der Waals surface area contributed by atoms with E-state index >= 15 is 0 Å². The van der Waals surface area contributed by atoms with Crippen LogP contribution < -0.4 is 5.32 Å². The third-order valence-corrected chi connectivity index (χ3v) is 3.36. The molecule has 1 rings (SSSR count). The smallest absolute Gasteiger partial charge is 0.318 e. The van der Waals surface area contributed by atoms with Crippen LogP contribution in [0.5, 0.6) is 0 Å². The molecule has 0 radical (unpaired) electrons. The lowest BCUT2D eigenvalue weighted by atomic mass is 10.1. The quantitative estimate of drug-likeness (QED) is 0.779. The van der Waals surface area contributed by atoms with Gasteiger partial charge in [-0.25, -0.2) is 4.79 Å². The Morgan fingerprint density at radius 1 is 1.37 bits per heavy atom. The van der Waals surface area contributed by atoms with Crippen molar-refractivity contribution in [2.75, 3.05) is 6.54 Å². The average Bonchev–Trinajstić information content (AvgIpc) is 2.98. The van der Waals surface area contributed by atoms with Gasteiger partial charge >= 0.3 is 12.0 Å². The summed E-state index contributed by atoms with van der Waals surface area (Å²) in [4.78, 5) is 24.5. The number of carboxylic acids is 1. The van der Waals surface area contributed by atoms with Gasteiger partial charge in [0, 0.05) is 18.1 Å². The maximum absolute atomic E-state index is 12.2. The number of hydrogen-bond donors (Lipinski definition) is 2. The summed E-state index contributed by atoms with van der Waals surface area (Å²) < 4.78 is 0. The Bertz CT molecular complexity index is 332. The Kier molecular flexibility index (Phi) is 5.20. The van der Waals surface area contributed by atoms with Crippen molar-refractivity contribution < 1.29 is 14.7 Å². The first-order valence-electron chi connectivity index (χ1n) is 7.00. The molecule has 0 heterocycles. The summed E-state index contributed by atoms with van der Waals surface area (Å²) in [6, 6.07) is -0.0171. The fourth-order valence-corrected chi connectivity index (χ4v) is 2.15. The lowest BCUT2D eigenvalue weighted by molar-refractivity contribution is -0.137. The number of amides is 2. The summed E-state index contributed by atoms with van der Waals surface area (Å²) in [6.45, 7) is 8.00. The molecule has 0 aromatic heterocycles. The number of hydrogen-bond acceptors (Lipinski definition) is 2. The van der Waals surface area contributed by atoms with E-state index in [9.17, 15) is 9.59 Å². The summed E-state index contributed by atoms with van der Waals surface area (Å²) in [5, 5.41) is 11.7. The zero-order valence-corrected chi connectivity index (χ0v) is 12.4. The highest BCUT2D eigenvalue weighted by Gasteiger charge is 2.29. The molecule has 110 valence electrons. The van der Waals surface area contributed by atoms with Crippen LogP contribution in [-0.4, -0.2) is 40.1 Å². The van der Waals surface area contributed by atoms with Crippen molar-refractivity contribution in [2.24, 2.45) is 5.92 Å². The molecule has 0 aliphatic heterocycles. The number of rotatable bonds is 6. The second kappa shape index (κ2) is 6.26. The zero-order valence-electron chi connectivity index (χ0n) is 12.4. The van der Waals surface area contributed by atoms with E-state index in [4.69, 9.17) is 5.11 Å². The van der Waals surface area contributed by atoms with E-state index in [1.54, 1.807) is 4.90 Å². The molecular weight excluding hydrogens is 244 g/mol. The Morgan fingerprint density at radius 2 is 1.95 bits per heavy atom. The second-order valence-corrected chi connectivity index (χ2v) is 6.50. The normalized spacial score (nSPS) is 16.8. The molecule has 0 aromatic rings. The number of aliphatic carboxylic acids is 1. The lowest BCUT2D eigenvalue weighted by Gasteiger charge is -2.36. The molecule has 0 bridgehead atoms. The van der Waals surface area contributed by atoms with Crippen LogP contribution in [0, 0.1) is 5.92 Å². The molecule has 1 fully saturated rings. The van der Waals surface area contributed by atoms with Crippen LogP contribution in [0.2, 0.25) is 0 Å². The summed E-state index contributed by atoms with van der Waals surface area (Å²) in [6.07, 6.45) is 3.52. The van der Waals surface area contributed by atoms with E-state index in [-0.39, 0.29) is 30.6 Å². The standard InChI is InChI=1S/C14H26N2O3/c1-10(9-11-5-6-11)15-13(19)16(14(2,3)4)8-7-12(17)18/h10-11H,5-9H2,1-4H3,(H,15,19)(H,17,18). The van der Waals surface area contributed by atoms with E-state index in [1.807, 2.05) is 27.7 Å². The van der Waals surface area contributed by atoms with Crippen LogP contribution in [0.1, 0.15) is 53.4 Å². The number of carboxylic acid groups (broad SMARTS) is 1. The predicted molar refractivity (Wildman–Crippen MR) is 74.0 cm³/mol. The number of nitrogens with zero attached hydrogens (tertiary/aromatic N) is 1. The van der Waals surface area contributed by atoms with Crippen molar-refractivity contribution in [2.45, 2.75) is 65.0 Å². The van der Waals surface area contributed by atoms with Crippen molar-refractivity contribution in [1.29, 1.82) is 0 Å². The Balaban J connectivity index is 2.51. The van der Waals surface area contributed by atoms with E-state index in [1.165, 1.54) is 12.8 Å². The highest BCUT2D eigenvalue weighted by Crippen LogP contribution is 2.33. The molecule has 0 saturated heterocycles. The first-order chi connectivity index (χ1) is 8.70. The molecule has 1 saturated carbocycles. The average molecular weight is 270 g/mol. The molecule has 0 aromatic carbocycles. The largest absolute Gasteiger partial charge is 0.481 e. The van der Waals surface area contributed by atoms with Crippen molar-refractivity contribution >= 4 is 12.0 Å². The number of carbonyl (C=O) groups excluding carboxylic acids is 1. The SMILES string of the molecule is CC(CC1CC1)NC(=O)N(CCC(=O)O)C(C)(C)C. The highest BCUT2D eigenvalue weighted by molar-refractivity contribution is 5.76. The second-order valence-electron chi connectivity index (χ2n) is 6.50. The van der Waals surface area contributed by atoms with E-state index in [2.05, 4.69) is 5.32 Å². The van der Waals surface area contributed by atoms with Crippen LogP contribution in [0.15, 0.2) is 0 Å². The number of nitrogens with one attached hydrogen (secondary N) is 1. The van der Waals surface area contributed by atoms with Gasteiger partial charge in [0.25, 0.3) is 0 Å². The fraction of sp³-hybridized carbons (Fsp3) is 0.857. The van der Waals surface area contributed by atoms with Crippen molar-refractivity contribution in [1.82, 2.24) is 10.2 Å².